The molecule has 0 atom stereocenters. The van der Waals surface area contributed by atoms with E-state index in [-0.39, 0.29) is 4.90 Å². The summed E-state index contributed by atoms with van der Waals surface area (Å²) >= 11 is 6.01. The van der Waals surface area contributed by atoms with Gasteiger partial charge in [-0.1, -0.05) is 35.9 Å². The molecule has 0 bridgehead atoms. The van der Waals surface area contributed by atoms with Crippen molar-refractivity contribution in [2.45, 2.75) is 11.8 Å². The van der Waals surface area contributed by atoms with Crippen molar-refractivity contribution in [1.29, 1.82) is 0 Å². The first-order valence-electron chi connectivity index (χ1n) is 7.31. The highest BCUT2D eigenvalue weighted by molar-refractivity contribution is 7.92. The number of hydrogen-bond donors (Lipinski definition) is 0. The molecular formula is C17H21ClN2O2S. The molecule has 2 rings (SSSR count). The molecule has 0 heterocycles. The number of halogens is 1. The van der Waals surface area contributed by atoms with Gasteiger partial charge in [-0.05, 0) is 50.8 Å². The minimum atomic E-state index is -3.68. The second-order valence-corrected chi connectivity index (χ2v) is 7.89. The molecule has 0 saturated heterocycles. The molecule has 0 aliphatic carbocycles. The van der Waals surface area contributed by atoms with Crippen LogP contribution >= 0.6 is 11.6 Å². The van der Waals surface area contributed by atoms with E-state index in [9.17, 15) is 8.42 Å². The van der Waals surface area contributed by atoms with Crippen molar-refractivity contribution in [2.24, 2.45) is 0 Å². The van der Waals surface area contributed by atoms with Crippen LogP contribution in [0.25, 0.3) is 0 Å². The van der Waals surface area contributed by atoms with E-state index in [0.717, 1.165) is 0 Å². The summed E-state index contributed by atoms with van der Waals surface area (Å²) in [5.74, 6) is 0. The molecule has 0 aliphatic rings. The number of nitrogens with zero attached hydrogens (tertiary/aromatic N) is 2. The molecule has 0 amide bonds. The number of sulfonamides is 1. The van der Waals surface area contributed by atoms with E-state index in [0.29, 0.717) is 29.4 Å². The maximum atomic E-state index is 13.2. The molecule has 0 unspecified atom stereocenters. The van der Waals surface area contributed by atoms with Crippen LogP contribution in [0.4, 0.5) is 5.69 Å². The molecule has 0 radical (unpaired) electrons. The molecule has 124 valence electrons. The first kappa shape index (κ1) is 17.8. The number of aryl methyl sites for hydroxylation is 1. The van der Waals surface area contributed by atoms with Crippen LogP contribution in [0.5, 0.6) is 0 Å². The number of rotatable bonds is 6. The SMILES string of the molecule is Cc1ccc(Cl)cc1S(=O)(=O)N(CCN(C)C)c1ccccc1. The number of para-hydroxylation sites is 1. The van der Waals surface area contributed by atoms with E-state index in [1.54, 1.807) is 31.2 Å². The fourth-order valence-corrected chi connectivity index (χ4v) is 4.19. The van der Waals surface area contributed by atoms with E-state index in [4.69, 9.17) is 11.6 Å². The normalized spacial score (nSPS) is 11.7. The summed E-state index contributed by atoms with van der Waals surface area (Å²) in [6.07, 6.45) is 0. The van der Waals surface area contributed by atoms with E-state index >= 15 is 0 Å². The van der Waals surface area contributed by atoms with Gasteiger partial charge >= 0.3 is 0 Å². The van der Waals surface area contributed by atoms with Gasteiger partial charge in [-0.15, -0.1) is 0 Å². The molecule has 0 saturated carbocycles. The molecule has 0 fully saturated rings. The summed E-state index contributed by atoms with van der Waals surface area (Å²) in [6.45, 7) is 2.76. The van der Waals surface area contributed by atoms with Crippen molar-refractivity contribution in [3.8, 4) is 0 Å². The Hall–Kier alpha value is -1.56. The summed E-state index contributed by atoms with van der Waals surface area (Å²) in [5, 5.41) is 0.412. The Morgan fingerprint density at radius 1 is 1.00 bits per heavy atom. The summed E-state index contributed by atoms with van der Waals surface area (Å²) < 4.78 is 27.8. The predicted octanol–water partition coefficient (Wildman–Crippen LogP) is 3.41. The second kappa shape index (κ2) is 7.34. The molecule has 2 aromatic carbocycles. The van der Waals surface area contributed by atoms with Gasteiger partial charge in [-0.3, -0.25) is 4.31 Å². The zero-order valence-electron chi connectivity index (χ0n) is 13.5. The van der Waals surface area contributed by atoms with Crippen LogP contribution in [-0.4, -0.2) is 40.5 Å². The highest BCUT2D eigenvalue weighted by Gasteiger charge is 2.26. The first-order chi connectivity index (χ1) is 10.8. The number of hydrogen-bond acceptors (Lipinski definition) is 3. The average molecular weight is 353 g/mol. The molecule has 2 aromatic rings. The van der Waals surface area contributed by atoms with E-state index < -0.39 is 10.0 Å². The molecular weight excluding hydrogens is 332 g/mol. The molecule has 0 aromatic heterocycles. The molecule has 6 heteroatoms. The molecule has 0 N–H and O–H groups in total. The molecule has 4 nitrogen and oxygen atoms in total. The van der Waals surface area contributed by atoms with Gasteiger partial charge in [0.1, 0.15) is 0 Å². The third-order valence-corrected chi connectivity index (χ3v) is 5.72. The van der Waals surface area contributed by atoms with Crippen molar-refractivity contribution in [3.63, 3.8) is 0 Å². The monoisotopic (exact) mass is 352 g/mol. The van der Waals surface area contributed by atoms with Gasteiger partial charge in [-0.2, -0.15) is 0 Å². The zero-order valence-corrected chi connectivity index (χ0v) is 15.1. The lowest BCUT2D eigenvalue weighted by molar-refractivity contribution is 0.419. The topological polar surface area (TPSA) is 40.6 Å². The maximum Gasteiger partial charge on any atom is 0.264 e. The van der Waals surface area contributed by atoms with Crippen molar-refractivity contribution in [1.82, 2.24) is 4.90 Å². The van der Waals surface area contributed by atoms with Gasteiger partial charge in [0, 0.05) is 18.1 Å². The van der Waals surface area contributed by atoms with Crippen LogP contribution in [0, 0.1) is 6.92 Å². The predicted molar refractivity (Wildman–Crippen MR) is 95.7 cm³/mol. The second-order valence-electron chi connectivity index (χ2n) is 5.63. The Morgan fingerprint density at radius 2 is 1.65 bits per heavy atom. The Bertz CT molecular complexity index is 761. The van der Waals surface area contributed by atoms with Crippen LogP contribution in [0.2, 0.25) is 5.02 Å². The Labute approximate surface area is 143 Å². The number of anilines is 1. The van der Waals surface area contributed by atoms with Crippen LogP contribution in [0.1, 0.15) is 5.56 Å². The van der Waals surface area contributed by atoms with Crippen LogP contribution in [0.15, 0.2) is 53.4 Å². The number of likely N-dealkylation sites (N-methyl/N-ethyl adjacent to an activating group) is 1. The smallest absolute Gasteiger partial charge is 0.264 e. The van der Waals surface area contributed by atoms with Gasteiger partial charge < -0.3 is 4.90 Å². The highest BCUT2D eigenvalue weighted by atomic mass is 35.5. The van der Waals surface area contributed by atoms with Gasteiger partial charge in [0.15, 0.2) is 0 Å². The maximum absolute atomic E-state index is 13.2. The Kier molecular flexibility index (Phi) is 5.68. The van der Waals surface area contributed by atoms with Crippen LogP contribution < -0.4 is 4.31 Å². The van der Waals surface area contributed by atoms with Crippen molar-refractivity contribution in [2.75, 3.05) is 31.5 Å². The van der Waals surface area contributed by atoms with Crippen molar-refractivity contribution < 1.29 is 8.42 Å². The quantitative estimate of drug-likeness (QED) is 0.800. The standard InChI is InChI=1S/C17H21ClN2O2S/c1-14-9-10-15(18)13-17(14)23(21,22)20(12-11-19(2)3)16-7-5-4-6-8-16/h4-10,13H,11-12H2,1-3H3. The average Bonchev–Trinajstić information content (AvgIpc) is 2.50. The van der Waals surface area contributed by atoms with Gasteiger partial charge in [0.05, 0.1) is 10.6 Å². The first-order valence-corrected chi connectivity index (χ1v) is 9.13. The third-order valence-electron chi connectivity index (χ3n) is 3.51. The minimum Gasteiger partial charge on any atom is -0.308 e. The highest BCUT2D eigenvalue weighted by Crippen LogP contribution is 2.27. The van der Waals surface area contributed by atoms with Crippen LogP contribution in [0.3, 0.4) is 0 Å². The summed E-state index contributed by atoms with van der Waals surface area (Å²) in [7, 11) is 0.153. The molecule has 0 aliphatic heterocycles. The van der Waals surface area contributed by atoms with E-state index in [1.807, 2.05) is 37.2 Å². The zero-order chi connectivity index (χ0) is 17.0. The lowest BCUT2D eigenvalue weighted by atomic mass is 10.2. The Morgan fingerprint density at radius 3 is 2.26 bits per heavy atom. The van der Waals surface area contributed by atoms with Crippen LogP contribution in [-0.2, 0) is 10.0 Å². The fraction of sp³-hybridized carbons (Fsp3) is 0.294. The number of benzene rings is 2. The van der Waals surface area contributed by atoms with Crippen molar-refractivity contribution in [3.05, 3.63) is 59.1 Å². The Balaban J connectivity index is 2.50. The van der Waals surface area contributed by atoms with Gasteiger partial charge in [0.2, 0.25) is 0 Å². The van der Waals surface area contributed by atoms with E-state index in [2.05, 4.69) is 0 Å². The third kappa shape index (κ3) is 4.25. The van der Waals surface area contributed by atoms with Gasteiger partial charge in [-0.25, -0.2) is 8.42 Å². The molecule has 0 spiro atoms. The fourth-order valence-electron chi connectivity index (χ4n) is 2.24. The van der Waals surface area contributed by atoms with Crippen molar-refractivity contribution >= 4 is 27.3 Å². The summed E-state index contributed by atoms with van der Waals surface area (Å²) in [4.78, 5) is 2.20. The summed E-state index contributed by atoms with van der Waals surface area (Å²) in [5.41, 5.74) is 1.33. The van der Waals surface area contributed by atoms with E-state index in [1.165, 1.54) is 10.4 Å². The minimum absolute atomic E-state index is 0.243. The molecule has 23 heavy (non-hydrogen) atoms. The van der Waals surface area contributed by atoms with Gasteiger partial charge in [0.25, 0.3) is 10.0 Å². The largest absolute Gasteiger partial charge is 0.308 e. The lowest BCUT2D eigenvalue weighted by Gasteiger charge is -2.26. The summed E-state index contributed by atoms with van der Waals surface area (Å²) in [6, 6.07) is 14.1. The lowest BCUT2D eigenvalue weighted by Crippen LogP contribution is -2.37.